The fourth-order valence-corrected chi connectivity index (χ4v) is 2.87. The highest BCUT2D eigenvalue weighted by molar-refractivity contribution is 6.30. The van der Waals surface area contributed by atoms with Crippen LogP contribution in [0.4, 0.5) is 5.69 Å². The normalized spacial score (nSPS) is 10.9. The Balaban J connectivity index is 1.80. The molecule has 0 aliphatic heterocycles. The fraction of sp³-hybridized carbons (Fsp3) is 0.0870. The van der Waals surface area contributed by atoms with Gasteiger partial charge < -0.3 is 9.47 Å². The van der Waals surface area contributed by atoms with Crippen LogP contribution in [0, 0.1) is 21.4 Å². The highest BCUT2D eigenvalue weighted by Crippen LogP contribution is 2.31. The standard InChI is InChI=1S/C23H17ClN2O4/c1-29-23-13-17(4-11-22(23)30-15-16-2-7-20(24)8-3-16)12-19(14-25)18-5-9-21(10-6-18)26(27)28/h2-13H,15H2,1H3. The molecule has 0 amide bonds. The zero-order valence-electron chi connectivity index (χ0n) is 16.0. The maximum Gasteiger partial charge on any atom is 0.269 e. The Morgan fingerprint density at radius 2 is 1.80 bits per heavy atom. The van der Waals surface area contributed by atoms with E-state index >= 15 is 0 Å². The Morgan fingerprint density at radius 1 is 1.10 bits per heavy atom. The summed E-state index contributed by atoms with van der Waals surface area (Å²) in [6, 6.07) is 20.7. The van der Waals surface area contributed by atoms with Crippen LogP contribution < -0.4 is 9.47 Å². The molecular weight excluding hydrogens is 404 g/mol. The number of hydrogen-bond acceptors (Lipinski definition) is 5. The molecule has 0 aromatic heterocycles. The van der Waals surface area contributed by atoms with E-state index in [2.05, 4.69) is 6.07 Å². The number of nitro benzene ring substituents is 1. The van der Waals surface area contributed by atoms with Gasteiger partial charge in [-0.2, -0.15) is 5.26 Å². The number of ether oxygens (including phenoxy) is 2. The molecule has 30 heavy (non-hydrogen) atoms. The molecule has 3 aromatic rings. The molecule has 0 bridgehead atoms. The van der Waals surface area contributed by atoms with E-state index in [-0.39, 0.29) is 5.69 Å². The molecule has 0 spiro atoms. The zero-order valence-corrected chi connectivity index (χ0v) is 16.8. The first-order valence-electron chi connectivity index (χ1n) is 8.92. The van der Waals surface area contributed by atoms with Gasteiger partial charge in [0.15, 0.2) is 11.5 Å². The van der Waals surface area contributed by atoms with Gasteiger partial charge >= 0.3 is 0 Å². The van der Waals surface area contributed by atoms with Gasteiger partial charge in [0, 0.05) is 17.2 Å². The first-order chi connectivity index (χ1) is 14.5. The van der Waals surface area contributed by atoms with Crippen LogP contribution in [-0.2, 0) is 6.61 Å². The highest BCUT2D eigenvalue weighted by atomic mass is 35.5. The topological polar surface area (TPSA) is 85.4 Å². The smallest absolute Gasteiger partial charge is 0.269 e. The van der Waals surface area contributed by atoms with Crippen molar-refractivity contribution in [3.8, 4) is 17.6 Å². The quantitative estimate of drug-likeness (QED) is 0.205. The van der Waals surface area contributed by atoms with Crippen LogP contribution in [0.1, 0.15) is 16.7 Å². The number of nitro groups is 1. The second kappa shape index (κ2) is 9.59. The molecule has 0 N–H and O–H groups in total. The fourth-order valence-electron chi connectivity index (χ4n) is 2.74. The number of halogens is 1. The van der Waals surface area contributed by atoms with Crippen LogP contribution in [0.2, 0.25) is 5.02 Å². The maximum absolute atomic E-state index is 10.8. The van der Waals surface area contributed by atoms with E-state index in [0.29, 0.717) is 34.3 Å². The molecule has 3 rings (SSSR count). The number of nitriles is 1. The average molecular weight is 421 g/mol. The van der Waals surface area contributed by atoms with Crippen LogP contribution in [0.15, 0.2) is 66.7 Å². The summed E-state index contributed by atoms with van der Waals surface area (Å²) in [5, 5.41) is 21.0. The molecule has 0 atom stereocenters. The number of allylic oxidation sites excluding steroid dienone is 1. The maximum atomic E-state index is 10.8. The monoisotopic (exact) mass is 420 g/mol. The molecule has 0 unspecified atom stereocenters. The van der Waals surface area contributed by atoms with Crippen LogP contribution in [-0.4, -0.2) is 12.0 Å². The van der Waals surface area contributed by atoms with E-state index in [4.69, 9.17) is 21.1 Å². The summed E-state index contributed by atoms with van der Waals surface area (Å²) < 4.78 is 11.3. The predicted molar refractivity (Wildman–Crippen MR) is 115 cm³/mol. The van der Waals surface area contributed by atoms with Crippen molar-refractivity contribution in [1.82, 2.24) is 0 Å². The zero-order chi connectivity index (χ0) is 21.5. The Labute approximate surface area is 178 Å². The summed E-state index contributed by atoms with van der Waals surface area (Å²) in [7, 11) is 1.54. The summed E-state index contributed by atoms with van der Waals surface area (Å²) in [6.07, 6.45) is 1.69. The Bertz CT molecular complexity index is 1120. The molecule has 0 fully saturated rings. The molecule has 0 heterocycles. The van der Waals surface area contributed by atoms with Crippen LogP contribution in [0.3, 0.4) is 0 Å². The number of nitrogens with zero attached hydrogens (tertiary/aromatic N) is 2. The van der Waals surface area contributed by atoms with Crippen LogP contribution in [0.25, 0.3) is 11.6 Å². The van der Waals surface area contributed by atoms with Gasteiger partial charge in [-0.25, -0.2) is 0 Å². The number of rotatable bonds is 7. The van der Waals surface area contributed by atoms with Gasteiger partial charge in [0.1, 0.15) is 6.61 Å². The Hall–Kier alpha value is -3.82. The highest BCUT2D eigenvalue weighted by Gasteiger charge is 2.09. The van der Waals surface area contributed by atoms with E-state index in [1.54, 1.807) is 49.6 Å². The molecule has 0 aliphatic carbocycles. The van der Waals surface area contributed by atoms with Gasteiger partial charge in [-0.3, -0.25) is 10.1 Å². The summed E-state index contributed by atoms with van der Waals surface area (Å²) in [5.74, 6) is 1.09. The summed E-state index contributed by atoms with van der Waals surface area (Å²) in [4.78, 5) is 10.3. The third-order valence-corrected chi connectivity index (χ3v) is 4.57. The van der Waals surface area contributed by atoms with E-state index in [1.165, 1.54) is 12.1 Å². The van der Waals surface area contributed by atoms with Gasteiger partial charge in [-0.05, 0) is 59.2 Å². The van der Waals surface area contributed by atoms with Crippen molar-refractivity contribution < 1.29 is 14.4 Å². The number of methoxy groups -OCH3 is 1. The second-order valence-corrected chi connectivity index (χ2v) is 6.74. The first-order valence-corrected chi connectivity index (χ1v) is 9.30. The lowest BCUT2D eigenvalue weighted by atomic mass is 10.0. The van der Waals surface area contributed by atoms with Crippen molar-refractivity contribution >= 4 is 28.9 Å². The molecule has 0 radical (unpaired) electrons. The first kappa shape index (κ1) is 20.9. The molecule has 0 saturated heterocycles. The summed E-state index contributed by atoms with van der Waals surface area (Å²) >= 11 is 5.89. The van der Waals surface area contributed by atoms with Gasteiger partial charge in [-0.1, -0.05) is 29.8 Å². The van der Waals surface area contributed by atoms with E-state index in [1.807, 2.05) is 18.2 Å². The molecule has 150 valence electrons. The molecule has 6 nitrogen and oxygen atoms in total. The number of benzene rings is 3. The SMILES string of the molecule is COc1cc(C=C(C#N)c2ccc([N+](=O)[O-])cc2)ccc1OCc1ccc(Cl)cc1. The lowest BCUT2D eigenvalue weighted by Gasteiger charge is -2.12. The third-order valence-electron chi connectivity index (χ3n) is 4.32. The minimum absolute atomic E-state index is 0.0279. The van der Waals surface area contributed by atoms with E-state index in [9.17, 15) is 15.4 Å². The molecule has 3 aromatic carbocycles. The molecule has 0 aliphatic rings. The minimum Gasteiger partial charge on any atom is -0.493 e. The van der Waals surface area contributed by atoms with Gasteiger partial charge in [0.25, 0.3) is 5.69 Å². The molecule has 7 heteroatoms. The van der Waals surface area contributed by atoms with Gasteiger partial charge in [-0.15, -0.1) is 0 Å². The summed E-state index contributed by atoms with van der Waals surface area (Å²) in [5.41, 5.74) is 2.64. The van der Waals surface area contributed by atoms with Crippen molar-refractivity contribution in [3.63, 3.8) is 0 Å². The molecular formula is C23H17ClN2O4. The van der Waals surface area contributed by atoms with Crippen molar-refractivity contribution in [2.45, 2.75) is 6.61 Å². The van der Waals surface area contributed by atoms with E-state index < -0.39 is 4.92 Å². The van der Waals surface area contributed by atoms with Crippen molar-refractivity contribution in [3.05, 3.63) is 98.6 Å². The average Bonchev–Trinajstić information content (AvgIpc) is 2.77. The summed E-state index contributed by atoms with van der Waals surface area (Å²) in [6.45, 7) is 0.356. The van der Waals surface area contributed by atoms with Crippen molar-refractivity contribution in [2.75, 3.05) is 7.11 Å². The molecule has 0 saturated carbocycles. The number of hydrogen-bond donors (Lipinski definition) is 0. The lowest BCUT2D eigenvalue weighted by molar-refractivity contribution is -0.384. The lowest BCUT2D eigenvalue weighted by Crippen LogP contribution is -1.98. The Morgan fingerprint density at radius 3 is 2.40 bits per heavy atom. The largest absolute Gasteiger partial charge is 0.493 e. The van der Waals surface area contributed by atoms with Crippen LogP contribution in [0.5, 0.6) is 11.5 Å². The number of non-ortho nitro benzene ring substituents is 1. The Kier molecular flexibility index (Phi) is 6.68. The van der Waals surface area contributed by atoms with Crippen molar-refractivity contribution in [1.29, 1.82) is 5.26 Å². The van der Waals surface area contributed by atoms with Gasteiger partial charge in [0.05, 0.1) is 23.7 Å². The predicted octanol–water partition coefficient (Wildman–Crippen LogP) is 5.90. The van der Waals surface area contributed by atoms with Crippen molar-refractivity contribution in [2.24, 2.45) is 0 Å². The second-order valence-electron chi connectivity index (χ2n) is 6.30. The minimum atomic E-state index is -0.479. The van der Waals surface area contributed by atoms with E-state index in [0.717, 1.165) is 11.1 Å². The van der Waals surface area contributed by atoms with Crippen LogP contribution >= 0.6 is 11.6 Å². The third kappa shape index (κ3) is 5.16. The van der Waals surface area contributed by atoms with Gasteiger partial charge in [0.2, 0.25) is 0 Å².